The van der Waals surface area contributed by atoms with E-state index < -0.39 is 5.97 Å². The quantitative estimate of drug-likeness (QED) is 0.378. The van der Waals surface area contributed by atoms with Gasteiger partial charge in [0.1, 0.15) is 10.4 Å². The third kappa shape index (κ3) is 5.38. The second-order valence-electron chi connectivity index (χ2n) is 5.12. The molecular formula is C17H14BrN3O3S3. The minimum absolute atomic E-state index is 0.181. The number of hydrogen-bond donors (Lipinski definition) is 1. The fourth-order valence-corrected chi connectivity index (χ4v) is 4.69. The van der Waals surface area contributed by atoms with E-state index in [1.807, 2.05) is 24.3 Å². The van der Waals surface area contributed by atoms with Crippen molar-refractivity contribution in [2.24, 2.45) is 0 Å². The Hall–Kier alpha value is -1.75. The third-order valence-corrected chi connectivity index (χ3v) is 6.82. The van der Waals surface area contributed by atoms with Gasteiger partial charge >= 0.3 is 5.97 Å². The Balaban J connectivity index is 1.79. The Morgan fingerprint density at radius 3 is 2.74 bits per heavy atom. The number of halogens is 1. The number of nitrogens with zero attached hydrogens (tertiary/aromatic N) is 2. The lowest BCUT2D eigenvalue weighted by Crippen LogP contribution is -2.16. The van der Waals surface area contributed by atoms with Crippen LogP contribution in [0.5, 0.6) is 0 Å². The van der Waals surface area contributed by atoms with Gasteiger partial charge in [0, 0.05) is 9.35 Å². The van der Waals surface area contributed by atoms with Crippen molar-refractivity contribution in [2.75, 3.05) is 17.7 Å². The minimum Gasteiger partial charge on any atom is -0.462 e. The molecule has 27 heavy (non-hydrogen) atoms. The Bertz CT molecular complexity index is 927. The lowest BCUT2D eigenvalue weighted by atomic mass is 10.2. The van der Waals surface area contributed by atoms with Crippen LogP contribution in [0.1, 0.15) is 16.6 Å². The van der Waals surface area contributed by atoms with Crippen molar-refractivity contribution in [1.82, 2.24) is 10.2 Å². The first-order valence-corrected chi connectivity index (χ1v) is 11.3. The van der Waals surface area contributed by atoms with Gasteiger partial charge in [-0.1, -0.05) is 51.2 Å². The number of esters is 1. The van der Waals surface area contributed by atoms with Crippen LogP contribution in [0.4, 0.5) is 5.69 Å². The molecule has 0 spiro atoms. The molecule has 3 aromatic rings. The molecule has 0 aliphatic heterocycles. The van der Waals surface area contributed by atoms with E-state index in [-0.39, 0.29) is 18.3 Å². The van der Waals surface area contributed by atoms with Gasteiger partial charge in [-0.3, -0.25) is 4.79 Å². The molecule has 0 aliphatic rings. The van der Waals surface area contributed by atoms with Gasteiger partial charge in [-0.25, -0.2) is 4.79 Å². The van der Waals surface area contributed by atoms with Crippen molar-refractivity contribution in [1.29, 1.82) is 0 Å². The second kappa shape index (κ2) is 9.45. The van der Waals surface area contributed by atoms with E-state index in [0.717, 1.165) is 19.3 Å². The van der Waals surface area contributed by atoms with Crippen molar-refractivity contribution in [3.05, 3.63) is 45.2 Å². The first-order chi connectivity index (χ1) is 13.1. The summed E-state index contributed by atoms with van der Waals surface area (Å²) in [5, 5.41) is 10.4. The first kappa shape index (κ1) is 20.0. The van der Waals surface area contributed by atoms with E-state index in [2.05, 4.69) is 31.4 Å². The van der Waals surface area contributed by atoms with E-state index in [1.54, 1.807) is 18.5 Å². The van der Waals surface area contributed by atoms with Crippen LogP contribution in [-0.4, -0.2) is 34.4 Å². The maximum Gasteiger partial charge on any atom is 0.350 e. The molecule has 0 saturated carbocycles. The van der Waals surface area contributed by atoms with Crippen LogP contribution in [0, 0.1) is 0 Å². The van der Waals surface area contributed by atoms with E-state index in [9.17, 15) is 9.59 Å². The minimum atomic E-state index is -0.446. The smallest absolute Gasteiger partial charge is 0.350 e. The van der Waals surface area contributed by atoms with Crippen LogP contribution < -0.4 is 5.32 Å². The molecule has 10 heteroatoms. The number of benzene rings is 1. The Kier molecular flexibility index (Phi) is 7.00. The molecule has 0 atom stereocenters. The van der Waals surface area contributed by atoms with Gasteiger partial charge < -0.3 is 10.1 Å². The molecule has 2 aromatic heterocycles. The number of nitrogens with one attached hydrogen (secondary N) is 1. The van der Waals surface area contributed by atoms with E-state index >= 15 is 0 Å². The maximum absolute atomic E-state index is 12.3. The Morgan fingerprint density at radius 1 is 1.30 bits per heavy atom. The molecule has 0 saturated heterocycles. The largest absolute Gasteiger partial charge is 0.462 e. The van der Waals surface area contributed by atoms with Gasteiger partial charge in [-0.05, 0) is 30.7 Å². The predicted octanol–water partition coefficient (Wildman–Crippen LogP) is 4.94. The summed E-state index contributed by atoms with van der Waals surface area (Å²) in [5.41, 5.74) is 3.03. The van der Waals surface area contributed by atoms with Crippen LogP contribution in [0.25, 0.3) is 10.4 Å². The molecule has 1 amide bonds. The highest BCUT2D eigenvalue weighted by molar-refractivity contribution is 9.10. The fourth-order valence-electron chi connectivity index (χ4n) is 2.13. The van der Waals surface area contributed by atoms with E-state index in [0.29, 0.717) is 10.6 Å². The van der Waals surface area contributed by atoms with E-state index in [4.69, 9.17) is 4.74 Å². The highest BCUT2D eigenvalue weighted by Gasteiger charge is 2.20. The zero-order valence-corrected chi connectivity index (χ0v) is 18.1. The molecule has 0 unspecified atom stereocenters. The van der Waals surface area contributed by atoms with Crippen LogP contribution in [0.2, 0.25) is 0 Å². The number of carbonyl (C=O) groups excluding carboxylic acids is 2. The number of amides is 1. The Morgan fingerprint density at radius 2 is 2.07 bits per heavy atom. The highest BCUT2D eigenvalue weighted by Crippen LogP contribution is 2.36. The monoisotopic (exact) mass is 483 g/mol. The SMILES string of the molecule is CCOC(=O)c1sc(-c2ccc(Br)cc2)cc1NC(=O)CSc1nncs1. The molecule has 6 nitrogen and oxygen atoms in total. The molecule has 0 bridgehead atoms. The second-order valence-corrected chi connectivity index (χ2v) is 9.15. The number of anilines is 1. The standard InChI is InChI=1S/C17H14BrN3O3S3/c1-2-24-16(23)15-12(20-14(22)8-25-17-21-19-9-26-17)7-13(27-15)10-3-5-11(18)6-4-10/h3-7,9H,2,8H2,1H3,(H,20,22). The number of thioether (sulfide) groups is 1. The van der Waals surface area contributed by atoms with Crippen molar-refractivity contribution in [2.45, 2.75) is 11.3 Å². The summed E-state index contributed by atoms with van der Waals surface area (Å²) in [6.07, 6.45) is 0. The van der Waals surface area contributed by atoms with Gasteiger partial charge in [-0.15, -0.1) is 21.5 Å². The average Bonchev–Trinajstić information content (AvgIpc) is 3.31. The predicted molar refractivity (Wildman–Crippen MR) is 113 cm³/mol. The summed E-state index contributed by atoms with van der Waals surface area (Å²) < 4.78 is 6.82. The molecule has 0 radical (unpaired) electrons. The van der Waals surface area contributed by atoms with Crippen LogP contribution >= 0.6 is 50.4 Å². The fraction of sp³-hybridized carbons (Fsp3) is 0.176. The topological polar surface area (TPSA) is 81.2 Å². The number of carbonyl (C=O) groups is 2. The summed E-state index contributed by atoms with van der Waals surface area (Å²) in [6.45, 7) is 2.02. The Labute approximate surface area is 176 Å². The zero-order valence-electron chi connectivity index (χ0n) is 14.1. The summed E-state index contributed by atoms with van der Waals surface area (Å²) >= 11 is 7.37. The summed E-state index contributed by atoms with van der Waals surface area (Å²) in [4.78, 5) is 25.9. The molecule has 1 aromatic carbocycles. The maximum atomic E-state index is 12.3. The summed E-state index contributed by atoms with van der Waals surface area (Å²) in [5.74, 6) is -0.486. The van der Waals surface area contributed by atoms with Crippen LogP contribution in [0.15, 0.2) is 44.7 Å². The van der Waals surface area contributed by atoms with Gasteiger partial charge in [0.2, 0.25) is 5.91 Å². The van der Waals surface area contributed by atoms with Crippen molar-refractivity contribution >= 4 is 67.9 Å². The van der Waals surface area contributed by atoms with Crippen LogP contribution in [0.3, 0.4) is 0 Å². The highest BCUT2D eigenvalue weighted by atomic mass is 79.9. The molecule has 0 fully saturated rings. The number of hydrogen-bond acceptors (Lipinski definition) is 8. The first-order valence-electron chi connectivity index (χ1n) is 7.82. The van der Waals surface area contributed by atoms with Gasteiger partial charge in [0.15, 0.2) is 4.34 Å². The summed E-state index contributed by atoms with van der Waals surface area (Å²) in [6, 6.07) is 9.54. The molecule has 140 valence electrons. The van der Waals surface area contributed by atoms with Crippen molar-refractivity contribution < 1.29 is 14.3 Å². The third-order valence-electron chi connectivity index (χ3n) is 3.26. The molecule has 2 heterocycles. The van der Waals surface area contributed by atoms with Crippen LogP contribution in [-0.2, 0) is 9.53 Å². The van der Waals surface area contributed by atoms with Gasteiger partial charge in [0.05, 0.1) is 18.0 Å². The lowest BCUT2D eigenvalue weighted by Gasteiger charge is -2.05. The summed E-state index contributed by atoms with van der Waals surface area (Å²) in [7, 11) is 0. The number of rotatable bonds is 7. The van der Waals surface area contributed by atoms with Crippen molar-refractivity contribution in [3.8, 4) is 10.4 Å². The number of ether oxygens (including phenoxy) is 1. The van der Waals surface area contributed by atoms with Crippen molar-refractivity contribution in [3.63, 3.8) is 0 Å². The van der Waals surface area contributed by atoms with E-state index in [1.165, 1.54) is 34.4 Å². The molecule has 0 aliphatic carbocycles. The zero-order chi connectivity index (χ0) is 19.2. The van der Waals surface area contributed by atoms with Gasteiger partial charge in [-0.2, -0.15) is 0 Å². The van der Waals surface area contributed by atoms with Gasteiger partial charge in [0.25, 0.3) is 0 Å². The molecular weight excluding hydrogens is 470 g/mol. The average molecular weight is 484 g/mol. The normalized spacial score (nSPS) is 10.6. The molecule has 1 N–H and O–H groups in total. The molecule has 3 rings (SSSR count). The number of thiophene rings is 1. The number of aromatic nitrogens is 2. The lowest BCUT2D eigenvalue weighted by molar-refractivity contribution is -0.113.